The minimum Gasteiger partial charge on any atom is -0.335 e. The molecule has 2 amide bonds. The standard InChI is InChI=1S/C14H16FN3O.C7H4F4/c15-12-7-6-10(9-16)8-13(12)18-14(19)17-11-4-2-1-3-5-11;8-6-3-1-5(2-4-6)7(9,10)11/h6-8,11H,1-5H2,(H2,17,18,19);1-4H. The van der Waals surface area contributed by atoms with E-state index in [1.54, 1.807) is 0 Å². The Morgan fingerprint density at radius 2 is 1.63 bits per heavy atom. The molecule has 1 fully saturated rings. The summed E-state index contributed by atoms with van der Waals surface area (Å²) in [5.41, 5.74) is -0.486. The molecule has 1 aliphatic rings. The highest BCUT2D eigenvalue weighted by molar-refractivity contribution is 5.89. The average molecular weight is 425 g/mol. The molecule has 0 heterocycles. The smallest absolute Gasteiger partial charge is 0.335 e. The van der Waals surface area contributed by atoms with Crippen LogP contribution in [0.2, 0.25) is 0 Å². The SMILES string of the molecule is Fc1ccc(C(F)(F)F)cc1.N#Cc1ccc(F)c(NC(=O)NC2CCCCC2)c1. The molecular weight excluding hydrogens is 405 g/mol. The van der Waals surface area contributed by atoms with E-state index in [-0.39, 0.29) is 11.7 Å². The molecule has 2 aromatic rings. The molecule has 2 aromatic carbocycles. The minimum atomic E-state index is -4.38. The monoisotopic (exact) mass is 425 g/mol. The fraction of sp³-hybridized carbons (Fsp3) is 0.333. The number of urea groups is 1. The molecule has 3 rings (SSSR count). The Morgan fingerprint density at radius 1 is 1.00 bits per heavy atom. The van der Waals surface area contributed by atoms with Crippen LogP contribution in [0.1, 0.15) is 43.2 Å². The van der Waals surface area contributed by atoms with E-state index >= 15 is 0 Å². The first-order valence-corrected chi connectivity index (χ1v) is 9.29. The van der Waals surface area contributed by atoms with Crippen LogP contribution in [0.15, 0.2) is 42.5 Å². The van der Waals surface area contributed by atoms with Gasteiger partial charge in [-0.25, -0.2) is 13.6 Å². The molecule has 2 N–H and O–H groups in total. The average Bonchev–Trinajstić information content (AvgIpc) is 2.70. The molecule has 0 atom stereocenters. The van der Waals surface area contributed by atoms with Gasteiger partial charge in [0.25, 0.3) is 0 Å². The summed E-state index contributed by atoms with van der Waals surface area (Å²) in [6.07, 6.45) is 0.987. The van der Waals surface area contributed by atoms with E-state index in [2.05, 4.69) is 10.6 Å². The van der Waals surface area contributed by atoms with Crippen molar-refractivity contribution in [3.8, 4) is 6.07 Å². The van der Waals surface area contributed by atoms with Crippen LogP contribution in [-0.4, -0.2) is 12.1 Å². The highest BCUT2D eigenvalue weighted by Crippen LogP contribution is 2.28. The van der Waals surface area contributed by atoms with Crippen molar-refractivity contribution in [3.05, 3.63) is 65.2 Å². The molecule has 4 nitrogen and oxygen atoms in total. The Bertz CT molecular complexity index is 885. The molecule has 0 bridgehead atoms. The van der Waals surface area contributed by atoms with Crippen LogP contribution in [0.3, 0.4) is 0 Å². The van der Waals surface area contributed by atoms with Gasteiger partial charge in [-0.15, -0.1) is 0 Å². The van der Waals surface area contributed by atoms with Crippen molar-refractivity contribution in [2.45, 2.75) is 44.3 Å². The van der Waals surface area contributed by atoms with Crippen LogP contribution >= 0.6 is 0 Å². The van der Waals surface area contributed by atoms with Crippen LogP contribution in [0.5, 0.6) is 0 Å². The van der Waals surface area contributed by atoms with Gasteiger partial charge < -0.3 is 10.6 Å². The van der Waals surface area contributed by atoms with Crippen molar-refractivity contribution in [3.63, 3.8) is 0 Å². The lowest BCUT2D eigenvalue weighted by molar-refractivity contribution is -0.137. The van der Waals surface area contributed by atoms with Gasteiger partial charge in [0.15, 0.2) is 0 Å². The van der Waals surface area contributed by atoms with Gasteiger partial charge in [0.05, 0.1) is 22.9 Å². The van der Waals surface area contributed by atoms with E-state index in [0.717, 1.165) is 37.8 Å². The summed E-state index contributed by atoms with van der Waals surface area (Å²) in [6.45, 7) is 0. The summed E-state index contributed by atoms with van der Waals surface area (Å²) in [6, 6.07) is 8.51. The maximum absolute atomic E-state index is 13.5. The number of nitrogens with zero attached hydrogens (tertiary/aromatic N) is 1. The number of amides is 2. The number of hydrogen-bond acceptors (Lipinski definition) is 2. The van der Waals surface area contributed by atoms with Gasteiger partial charge in [-0.05, 0) is 55.3 Å². The summed E-state index contributed by atoms with van der Waals surface area (Å²) >= 11 is 0. The van der Waals surface area contributed by atoms with Gasteiger partial charge in [-0.1, -0.05) is 19.3 Å². The quantitative estimate of drug-likeness (QED) is 0.580. The second kappa shape index (κ2) is 10.6. The lowest BCUT2D eigenvalue weighted by Gasteiger charge is -2.22. The van der Waals surface area contributed by atoms with Crippen molar-refractivity contribution in [1.82, 2.24) is 5.32 Å². The van der Waals surface area contributed by atoms with Gasteiger partial charge in [0.2, 0.25) is 0 Å². The first-order valence-electron chi connectivity index (χ1n) is 9.29. The molecule has 0 aromatic heterocycles. The Hall–Kier alpha value is -3.15. The van der Waals surface area contributed by atoms with Crippen molar-refractivity contribution in [1.29, 1.82) is 5.26 Å². The van der Waals surface area contributed by atoms with Crippen LogP contribution in [-0.2, 0) is 6.18 Å². The third-order valence-electron chi connectivity index (χ3n) is 4.46. The van der Waals surface area contributed by atoms with Crippen molar-refractivity contribution >= 4 is 11.7 Å². The van der Waals surface area contributed by atoms with Crippen LogP contribution < -0.4 is 10.6 Å². The second-order valence-electron chi connectivity index (χ2n) is 6.74. The Kier molecular flexibility index (Phi) is 8.16. The summed E-state index contributed by atoms with van der Waals surface area (Å²) in [5.74, 6) is -1.21. The van der Waals surface area contributed by atoms with Crippen LogP contribution in [0.4, 0.5) is 32.4 Å². The Labute approximate surface area is 170 Å². The predicted octanol–water partition coefficient (Wildman–Crippen LogP) is 6.00. The Morgan fingerprint density at radius 3 is 2.20 bits per heavy atom. The number of alkyl halides is 3. The highest BCUT2D eigenvalue weighted by Gasteiger charge is 2.29. The highest BCUT2D eigenvalue weighted by atomic mass is 19.4. The molecule has 0 radical (unpaired) electrons. The molecule has 9 heteroatoms. The molecule has 160 valence electrons. The molecule has 0 saturated heterocycles. The number of nitriles is 1. The van der Waals surface area contributed by atoms with Crippen molar-refractivity contribution < 1.29 is 26.7 Å². The molecule has 1 saturated carbocycles. The van der Waals surface area contributed by atoms with E-state index in [9.17, 15) is 26.7 Å². The van der Waals surface area contributed by atoms with E-state index in [1.165, 1.54) is 24.6 Å². The fourth-order valence-electron chi connectivity index (χ4n) is 2.92. The summed E-state index contributed by atoms with van der Waals surface area (Å²) in [4.78, 5) is 11.8. The number of halogens is 5. The summed E-state index contributed by atoms with van der Waals surface area (Å²) < 4.78 is 61.0. The molecule has 0 aliphatic heterocycles. The Balaban J connectivity index is 0.000000248. The third-order valence-corrected chi connectivity index (χ3v) is 4.46. The number of nitrogens with one attached hydrogen (secondary N) is 2. The first kappa shape index (κ1) is 23.1. The van der Waals surface area contributed by atoms with E-state index in [0.29, 0.717) is 17.7 Å². The minimum absolute atomic E-state index is 0.0346. The van der Waals surface area contributed by atoms with Gasteiger partial charge in [-0.3, -0.25) is 0 Å². The first-order chi connectivity index (χ1) is 14.2. The number of rotatable bonds is 2. The molecular formula is C21H20F5N3O. The lowest BCUT2D eigenvalue weighted by Crippen LogP contribution is -2.39. The second-order valence-corrected chi connectivity index (χ2v) is 6.74. The van der Waals surface area contributed by atoms with Gasteiger partial charge in [-0.2, -0.15) is 18.4 Å². The summed E-state index contributed by atoms with van der Waals surface area (Å²) in [7, 11) is 0. The zero-order chi connectivity index (χ0) is 22.1. The number of anilines is 1. The number of hydrogen-bond donors (Lipinski definition) is 2. The summed E-state index contributed by atoms with van der Waals surface area (Å²) in [5, 5.41) is 14.0. The molecule has 1 aliphatic carbocycles. The predicted molar refractivity (Wildman–Crippen MR) is 102 cm³/mol. The maximum Gasteiger partial charge on any atom is 0.416 e. The molecule has 30 heavy (non-hydrogen) atoms. The largest absolute Gasteiger partial charge is 0.416 e. The van der Waals surface area contributed by atoms with Gasteiger partial charge in [0.1, 0.15) is 11.6 Å². The van der Waals surface area contributed by atoms with E-state index < -0.39 is 29.4 Å². The topological polar surface area (TPSA) is 64.9 Å². The maximum atomic E-state index is 13.5. The zero-order valence-corrected chi connectivity index (χ0v) is 15.9. The van der Waals surface area contributed by atoms with Gasteiger partial charge >= 0.3 is 12.2 Å². The van der Waals surface area contributed by atoms with Crippen molar-refractivity contribution in [2.24, 2.45) is 0 Å². The molecule has 0 spiro atoms. The van der Waals surface area contributed by atoms with Crippen molar-refractivity contribution in [2.75, 3.05) is 5.32 Å². The van der Waals surface area contributed by atoms with Crippen LogP contribution in [0.25, 0.3) is 0 Å². The number of carbonyl (C=O) groups excluding carboxylic acids is 1. The normalized spacial score (nSPS) is 14.1. The number of benzene rings is 2. The third kappa shape index (κ3) is 7.35. The fourth-order valence-corrected chi connectivity index (χ4v) is 2.92. The zero-order valence-electron chi connectivity index (χ0n) is 15.9. The van der Waals surface area contributed by atoms with E-state index in [1.807, 2.05) is 6.07 Å². The van der Waals surface area contributed by atoms with Gasteiger partial charge in [0, 0.05) is 6.04 Å². The van der Waals surface area contributed by atoms with Crippen LogP contribution in [0, 0.1) is 23.0 Å². The molecule has 0 unspecified atom stereocenters. The lowest BCUT2D eigenvalue weighted by atomic mass is 9.96. The van der Waals surface area contributed by atoms with E-state index in [4.69, 9.17) is 5.26 Å². The number of carbonyl (C=O) groups is 1.